The van der Waals surface area contributed by atoms with Crippen LogP contribution in [0.3, 0.4) is 0 Å². The van der Waals surface area contributed by atoms with E-state index in [1.807, 2.05) is 24.3 Å². The molecule has 0 radical (unpaired) electrons. The summed E-state index contributed by atoms with van der Waals surface area (Å²) in [6, 6.07) is 7.74. The number of ether oxygens (including phenoxy) is 2. The number of para-hydroxylation sites is 1. The van der Waals surface area contributed by atoms with Crippen LogP contribution < -0.4 is 10.5 Å². The van der Waals surface area contributed by atoms with Gasteiger partial charge in [-0.3, -0.25) is 10.7 Å². The molecule has 1 aromatic carbocycles. The molecular formula is C12H16N2O2. The first-order chi connectivity index (χ1) is 7.81. The van der Waals surface area contributed by atoms with Crippen LogP contribution >= 0.6 is 0 Å². The SMILES string of the molecule is C=N/C(=C\OCN)Cc1ccccc1OC. The third-order valence-corrected chi connectivity index (χ3v) is 2.08. The molecule has 0 atom stereocenters. The van der Waals surface area contributed by atoms with Crippen molar-refractivity contribution in [2.75, 3.05) is 13.8 Å². The molecule has 0 spiro atoms. The van der Waals surface area contributed by atoms with Crippen LogP contribution in [-0.4, -0.2) is 20.6 Å². The topological polar surface area (TPSA) is 56.8 Å². The summed E-state index contributed by atoms with van der Waals surface area (Å²) in [7, 11) is 1.64. The number of nitrogens with two attached hydrogens (primary N) is 1. The zero-order chi connectivity index (χ0) is 11.8. The van der Waals surface area contributed by atoms with E-state index in [1.165, 1.54) is 6.26 Å². The molecule has 0 saturated carbocycles. The van der Waals surface area contributed by atoms with Gasteiger partial charge in [-0.1, -0.05) is 18.2 Å². The van der Waals surface area contributed by atoms with Crippen LogP contribution in [-0.2, 0) is 11.2 Å². The Balaban J connectivity index is 2.81. The van der Waals surface area contributed by atoms with Crippen molar-refractivity contribution in [1.29, 1.82) is 0 Å². The first-order valence-electron chi connectivity index (χ1n) is 4.91. The molecule has 4 heteroatoms. The standard InChI is InChI=1S/C12H16N2O2/c1-14-11(8-16-9-13)7-10-5-3-4-6-12(10)15-2/h3-6,8H,1,7,9,13H2,2H3/b11-8-. The van der Waals surface area contributed by atoms with Gasteiger partial charge in [-0.25, -0.2) is 0 Å². The van der Waals surface area contributed by atoms with Gasteiger partial charge in [0.2, 0.25) is 0 Å². The highest BCUT2D eigenvalue weighted by molar-refractivity contribution is 5.38. The van der Waals surface area contributed by atoms with Crippen LogP contribution in [0.2, 0.25) is 0 Å². The van der Waals surface area contributed by atoms with Gasteiger partial charge in [-0.05, 0) is 12.8 Å². The minimum atomic E-state index is 0.130. The fraction of sp³-hybridized carbons (Fsp3) is 0.250. The van der Waals surface area contributed by atoms with Gasteiger partial charge in [0, 0.05) is 12.0 Å². The highest BCUT2D eigenvalue weighted by Gasteiger charge is 2.04. The third kappa shape index (κ3) is 3.40. The normalized spacial score (nSPS) is 11.0. The zero-order valence-corrected chi connectivity index (χ0v) is 9.35. The summed E-state index contributed by atoms with van der Waals surface area (Å²) in [4.78, 5) is 3.87. The number of hydrogen-bond acceptors (Lipinski definition) is 4. The number of rotatable bonds is 6. The quantitative estimate of drug-likeness (QED) is 0.451. The predicted octanol–water partition coefficient (Wildman–Crippen LogP) is 1.71. The summed E-state index contributed by atoms with van der Waals surface area (Å²) in [6.07, 6.45) is 2.12. The predicted molar refractivity (Wildman–Crippen MR) is 64.5 cm³/mol. The number of allylic oxidation sites excluding steroid dienone is 1. The lowest BCUT2D eigenvalue weighted by Gasteiger charge is -2.08. The summed E-state index contributed by atoms with van der Waals surface area (Å²) in [6.45, 7) is 3.62. The Morgan fingerprint density at radius 3 is 2.88 bits per heavy atom. The van der Waals surface area contributed by atoms with Crippen LogP contribution in [0, 0.1) is 0 Å². The second-order valence-electron chi connectivity index (χ2n) is 3.09. The number of methoxy groups -OCH3 is 1. The second kappa shape index (κ2) is 6.63. The van der Waals surface area contributed by atoms with Crippen molar-refractivity contribution in [1.82, 2.24) is 0 Å². The Kier molecular flexibility index (Phi) is 5.08. The molecule has 0 aliphatic rings. The minimum Gasteiger partial charge on any atom is -0.496 e. The summed E-state index contributed by atoms with van der Waals surface area (Å²) in [5.74, 6) is 0.824. The van der Waals surface area contributed by atoms with Crippen molar-refractivity contribution in [2.45, 2.75) is 6.42 Å². The maximum absolute atomic E-state index is 5.24. The van der Waals surface area contributed by atoms with Crippen LogP contribution in [0.25, 0.3) is 0 Å². The molecule has 2 N–H and O–H groups in total. The monoisotopic (exact) mass is 220 g/mol. The smallest absolute Gasteiger partial charge is 0.136 e. The number of benzene rings is 1. The molecule has 0 heterocycles. The molecule has 0 aliphatic heterocycles. The van der Waals surface area contributed by atoms with Crippen molar-refractivity contribution in [3.63, 3.8) is 0 Å². The van der Waals surface area contributed by atoms with Crippen LogP contribution in [0.15, 0.2) is 41.2 Å². The Hall–Kier alpha value is -1.81. The Morgan fingerprint density at radius 1 is 1.50 bits per heavy atom. The lowest BCUT2D eigenvalue weighted by atomic mass is 10.1. The van der Waals surface area contributed by atoms with E-state index in [1.54, 1.807) is 7.11 Å². The van der Waals surface area contributed by atoms with E-state index < -0.39 is 0 Å². The van der Waals surface area contributed by atoms with E-state index in [-0.39, 0.29) is 6.73 Å². The third-order valence-electron chi connectivity index (χ3n) is 2.08. The fourth-order valence-electron chi connectivity index (χ4n) is 1.32. The van der Waals surface area contributed by atoms with E-state index in [9.17, 15) is 0 Å². The Morgan fingerprint density at radius 2 is 2.25 bits per heavy atom. The molecule has 0 unspecified atom stereocenters. The Labute approximate surface area is 95.4 Å². The second-order valence-corrected chi connectivity index (χ2v) is 3.09. The summed E-state index contributed by atoms with van der Waals surface area (Å²) < 4.78 is 10.2. The molecule has 1 aromatic rings. The average molecular weight is 220 g/mol. The molecule has 16 heavy (non-hydrogen) atoms. The molecule has 86 valence electrons. The van der Waals surface area contributed by atoms with Gasteiger partial charge in [0.15, 0.2) is 0 Å². The fourth-order valence-corrected chi connectivity index (χ4v) is 1.32. The lowest BCUT2D eigenvalue weighted by Crippen LogP contribution is -2.01. The number of hydrogen-bond donors (Lipinski definition) is 1. The number of aliphatic imine (C=N–C) groups is 1. The van der Waals surface area contributed by atoms with Crippen molar-refractivity contribution >= 4 is 6.72 Å². The highest BCUT2D eigenvalue weighted by atomic mass is 16.5. The summed E-state index contributed by atoms with van der Waals surface area (Å²) >= 11 is 0. The maximum Gasteiger partial charge on any atom is 0.136 e. The largest absolute Gasteiger partial charge is 0.496 e. The first kappa shape index (κ1) is 12.3. The first-order valence-corrected chi connectivity index (χ1v) is 4.91. The van der Waals surface area contributed by atoms with E-state index in [0.29, 0.717) is 6.42 Å². The van der Waals surface area contributed by atoms with Crippen molar-refractivity contribution in [3.05, 3.63) is 41.8 Å². The van der Waals surface area contributed by atoms with E-state index in [4.69, 9.17) is 15.2 Å². The van der Waals surface area contributed by atoms with Crippen LogP contribution in [0.1, 0.15) is 5.56 Å². The van der Waals surface area contributed by atoms with Crippen molar-refractivity contribution in [2.24, 2.45) is 10.7 Å². The van der Waals surface area contributed by atoms with Gasteiger partial charge in [-0.2, -0.15) is 0 Å². The van der Waals surface area contributed by atoms with Gasteiger partial charge < -0.3 is 9.47 Å². The average Bonchev–Trinajstić information content (AvgIpc) is 2.34. The Bertz CT molecular complexity index is 375. The van der Waals surface area contributed by atoms with Gasteiger partial charge in [-0.15, -0.1) is 0 Å². The lowest BCUT2D eigenvalue weighted by molar-refractivity contribution is 0.256. The van der Waals surface area contributed by atoms with Crippen LogP contribution in [0.4, 0.5) is 0 Å². The van der Waals surface area contributed by atoms with E-state index in [0.717, 1.165) is 17.0 Å². The van der Waals surface area contributed by atoms with Gasteiger partial charge in [0.05, 0.1) is 12.8 Å². The zero-order valence-electron chi connectivity index (χ0n) is 9.35. The molecule has 0 amide bonds. The van der Waals surface area contributed by atoms with Gasteiger partial charge in [0.1, 0.15) is 18.7 Å². The molecule has 0 aromatic heterocycles. The maximum atomic E-state index is 5.24. The molecule has 1 rings (SSSR count). The van der Waals surface area contributed by atoms with E-state index in [2.05, 4.69) is 11.7 Å². The molecule has 0 saturated heterocycles. The molecule has 4 nitrogen and oxygen atoms in total. The molecule has 0 fully saturated rings. The van der Waals surface area contributed by atoms with Gasteiger partial charge >= 0.3 is 0 Å². The molecular weight excluding hydrogens is 204 g/mol. The van der Waals surface area contributed by atoms with E-state index >= 15 is 0 Å². The molecule has 0 bridgehead atoms. The highest BCUT2D eigenvalue weighted by Crippen LogP contribution is 2.20. The summed E-state index contributed by atoms with van der Waals surface area (Å²) in [5, 5.41) is 0. The van der Waals surface area contributed by atoms with Gasteiger partial charge in [0.25, 0.3) is 0 Å². The van der Waals surface area contributed by atoms with Crippen LogP contribution in [0.5, 0.6) is 5.75 Å². The molecule has 0 aliphatic carbocycles. The van der Waals surface area contributed by atoms with Crippen molar-refractivity contribution < 1.29 is 9.47 Å². The van der Waals surface area contributed by atoms with Crippen molar-refractivity contribution in [3.8, 4) is 5.75 Å². The number of nitrogens with zero attached hydrogens (tertiary/aromatic N) is 1. The summed E-state index contributed by atoms with van der Waals surface area (Å²) in [5.41, 5.74) is 6.98. The minimum absolute atomic E-state index is 0.130.